The molecule has 0 bridgehead atoms. The van der Waals surface area contributed by atoms with E-state index in [1.54, 1.807) is 12.1 Å². The highest BCUT2D eigenvalue weighted by Gasteiger charge is 2.27. The molecule has 0 amide bonds. The number of halogens is 2. The maximum absolute atomic E-state index is 12.0. The number of Topliss-reactive ketones (excluding diaryl/α,β-unsaturated/α-hetero) is 1. The van der Waals surface area contributed by atoms with Gasteiger partial charge in [0.25, 0.3) is 0 Å². The summed E-state index contributed by atoms with van der Waals surface area (Å²) in [5, 5.41) is 18.0. The number of carbonyl (C=O) groups excluding carboxylic acids is 2. The molecule has 4 N–H and O–H groups in total. The predicted octanol–water partition coefficient (Wildman–Crippen LogP) is 3.18. The number of aliphatic carboxylic acids is 1. The summed E-state index contributed by atoms with van der Waals surface area (Å²) < 4.78 is 28.1. The van der Waals surface area contributed by atoms with Gasteiger partial charge in [-0.15, -0.1) is 11.3 Å². The Morgan fingerprint density at radius 3 is 2.23 bits per heavy atom. The molecule has 0 radical (unpaired) electrons. The van der Waals surface area contributed by atoms with E-state index >= 15 is 0 Å². The van der Waals surface area contributed by atoms with Gasteiger partial charge in [-0.2, -0.15) is 8.78 Å². The second-order valence-corrected chi connectivity index (χ2v) is 7.33. The fourth-order valence-electron chi connectivity index (χ4n) is 1.56. The van der Waals surface area contributed by atoms with E-state index in [4.69, 9.17) is 21.0 Å². The Morgan fingerprint density at radius 1 is 1.27 bits per heavy atom. The van der Waals surface area contributed by atoms with Crippen molar-refractivity contribution < 1.29 is 33.0 Å². The van der Waals surface area contributed by atoms with Gasteiger partial charge in [0.15, 0.2) is 5.69 Å². The summed E-state index contributed by atoms with van der Waals surface area (Å²) in [7, 11) is 1.15. The fraction of sp³-hybridized carbons (Fsp3) is 0.167. The van der Waals surface area contributed by atoms with Gasteiger partial charge in [-0.3, -0.25) is 10.2 Å². The zero-order chi connectivity index (χ0) is 23.1. The Bertz CT molecular complexity index is 984. The van der Waals surface area contributed by atoms with E-state index in [9.17, 15) is 23.2 Å². The third kappa shape index (κ3) is 8.14. The maximum atomic E-state index is 12.0. The van der Waals surface area contributed by atoms with Crippen molar-refractivity contribution in [3.8, 4) is 5.75 Å². The van der Waals surface area contributed by atoms with Crippen LogP contribution >= 0.6 is 20.6 Å². The first-order valence-electron chi connectivity index (χ1n) is 8.02. The molecule has 30 heavy (non-hydrogen) atoms. The van der Waals surface area contributed by atoms with Crippen molar-refractivity contribution in [3.05, 3.63) is 51.5 Å². The molecule has 0 saturated heterocycles. The lowest BCUT2D eigenvalue weighted by molar-refractivity contribution is -0.132. The van der Waals surface area contributed by atoms with Crippen LogP contribution in [-0.2, 0) is 9.59 Å². The van der Waals surface area contributed by atoms with E-state index in [1.165, 1.54) is 30.5 Å². The number of carboxylic acids is 1. The van der Waals surface area contributed by atoms with Crippen LogP contribution in [0.25, 0.3) is 6.08 Å². The summed E-state index contributed by atoms with van der Waals surface area (Å²) in [5.41, 5.74) is 2.86. The van der Waals surface area contributed by atoms with E-state index in [0.29, 0.717) is 16.3 Å². The van der Waals surface area contributed by atoms with Crippen LogP contribution in [0, 0.1) is 5.41 Å². The molecule has 8 nitrogen and oxygen atoms in total. The highest BCUT2D eigenvalue weighted by atomic mass is 32.1. The van der Waals surface area contributed by atoms with Crippen LogP contribution in [0.2, 0.25) is 0 Å². The number of hydrogen-bond acceptors (Lipinski definition) is 7. The normalized spacial score (nSPS) is 11.2. The maximum Gasteiger partial charge on any atom is 0.363 e. The number of carboxylic acid groups (broad SMARTS) is 1. The highest BCUT2D eigenvalue weighted by molar-refractivity contribution is 7.20. The van der Waals surface area contributed by atoms with Crippen LogP contribution in [0.15, 0.2) is 35.2 Å². The minimum atomic E-state index is -3.22. The van der Waals surface area contributed by atoms with E-state index in [0.717, 1.165) is 27.5 Å². The number of amidine groups is 1. The highest BCUT2D eigenvalue weighted by Crippen LogP contribution is 2.22. The molecule has 160 valence electrons. The summed E-state index contributed by atoms with van der Waals surface area (Å²) in [6.45, 7) is 2.28. The smallest absolute Gasteiger partial charge is 0.363 e. The van der Waals surface area contributed by atoms with Crippen molar-refractivity contribution in [2.75, 3.05) is 0 Å². The Balaban J connectivity index is 0.000000553. The molecule has 1 unspecified atom stereocenters. The van der Waals surface area contributed by atoms with Crippen molar-refractivity contribution in [3.63, 3.8) is 0 Å². The molecule has 0 spiro atoms. The van der Waals surface area contributed by atoms with E-state index in [-0.39, 0.29) is 17.1 Å². The molecule has 1 atom stereocenters. The molecule has 2 aromatic rings. The lowest BCUT2D eigenvalue weighted by Gasteiger charge is -2.03. The van der Waals surface area contributed by atoms with Gasteiger partial charge < -0.3 is 15.6 Å². The molecule has 0 aliphatic heterocycles. The van der Waals surface area contributed by atoms with E-state index < -0.39 is 23.4 Å². The molecule has 1 heterocycles. The number of nitrogen functional groups attached to an aromatic ring is 1. The van der Waals surface area contributed by atoms with Crippen molar-refractivity contribution in [1.82, 2.24) is 4.98 Å². The van der Waals surface area contributed by atoms with Gasteiger partial charge in [-0.05, 0) is 37.3 Å². The molecule has 0 aliphatic carbocycles. The molecule has 0 aliphatic rings. The van der Waals surface area contributed by atoms with Crippen molar-refractivity contribution >= 4 is 50.2 Å². The summed E-state index contributed by atoms with van der Waals surface area (Å²) in [6.07, 6.45) is 1.38. The summed E-state index contributed by atoms with van der Waals surface area (Å²) in [6, 6.07) is 6.18. The standard InChI is InChI=1S/C15H13N3O4S.C3H5F2OP/c1-8(14(19)20)6-12-18-11(7-23-12)15(21)22-10-4-2-9(3-5-10)13(16)17;1-2(6)3(4,5)7/h2-7H,1H3,(H3,16,17)(H,19,20);7H2,1H3/b8-6+;. The first-order chi connectivity index (χ1) is 13.8. The molecular formula is C18H18F2N3O5PS. The molecule has 0 saturated carbocycles. The van der Waals surface area contributed by atoms with Crippen molar-refractivity contribution in [1.29, 1.82) is 5.41 Å². The molecule has 12 heteroatoms. The lowest BCUT2D eigenvalue weighted by atomic mass is 10.2. The molecule has 1 aromatic carbocycles. The number of ether oxygens (including phenoxy) is 1. The number of nitrogens with two attached hydrogens (primary N) is 1. The Morgan fingerprint density at radius 2 is 1.80 bits per heavy atom. The Kier molecular flexibility index (Phi) is 8.88. The number of aromatic nitrogens is 1. The number of ketones is 1. The molecule has 0 fully saturated rings. The van der Waals surface area contributed by atoms with Crippen LogP contribution in [0.4, 0.5) is 8.78 Å². The summed E-state index contributed by atoms with van der Waals surface area (Å²) in [5.74, 6) is -2.60. The largest absolute Gasteiger partial charge is 0.478 e. The van der Waals surface area contributed by atoms with Crippen molar-refractivity contribution in [2.45, 2.75) is 19.5 Å². The fourth-order valence-corrected chi connectivity index (χ4v) is 2.33. The zero-order valence-electron chi connectivity index (χ0n) is 15.8. The van der Waals surface area contributed by atoms with Gasteiger partial charge in [0.05, 0.1) is 0 Å². The van der Waals surface area contributed by atoms with Crippen LogP contribution in [0.5, 0.6) is 5.75 Å². The van der Waals surface area contributed by atoms with Gasteiger partial charge in [-0.1, -0.05) is 9.24 Å². The first-order valence-corrected chi connectivity index (χ1v) is 9.48. The minimum absolute atomic E-state index is 0.0763. The van der Waals surface area contributed by atoms with Crippen LogP contribution < -0.4 is 10.5 Å². The lowest BCUT2D eigenvalue weighted by Crippen LogP contribution is -2.15. The number of thiazole rings is 1. The molecular weight excluding hydrogens is 439 g/mol. The number of esters is 1. The average Bonchev–Trinajstić information content (AvgIpc) is 3.10. The van der Waals surface area contributed by atoms with Crippen LogP contribution in [0.3, 0.4) is 0 Å². The zero-order valence-corrected chi connectivity index (χ0v) is 17.8. The van der Waals surface area contributed by atoms with Gasteiger partial charge in [-0.25, -0.2) is 14.6 Å². The second kappa shape index (κ2) is 10.7. The number of benzene rings is 1. The SMILES string of the molecule is C/C(=C\c1nc(C(=O)Oc2ccc(C(=N)N)cc2)cs1)C(=O)O.CC(=O)C(F)(F)P. The van der Waals surface area contributed by atoms with Gasteiger partial charge in [0.1, 0.15) is 16.6 Å². The third-order valence-corrected chi connectivity index (χ3v) is 4.45. The number of rotatable bonds is 6. The van der Waals surface area contributed by atoms with Gasteiger partial charge >= 0.3 is 17.6 Å². The van der Waals surface area contributed by atoms with Crippen LogP contribution in [-0.4, -0.2) is 39.3 Å². The average molecular weight is 457 g/mol. The quantitative estimate of drug-likeness (QED) is 0.151. The third-order valence-electron chi connectivity index (χ3n) is 3.25. The van der Waals surface area contributed by atoms with E-state index in [1.807, 2.05) is 0 Å². The number of alkyl halides is 2. The second-order valence-electron chi connectivity index (χ2n) is 5.71. The van der Waals surface area contributed by atoms with Gasteiger partial charge in [0.2, 0.25) is 5.78 Å². The first kappa shape index (κ1) is 25.0. The van der Waals surface area contributed by atoms with Crippen molar-refractivity contribution in [2.24, 2.45) is 5.73 Å². The minimum Gasteiger partial charge on any atom is -0.478 e. The summed E-state index contributed by atoms with van der Waals surface area (Å²) in [4.78, 5) is 36.5. The van der Waals surface area contributed by atoms with Crippen LogP contribution in [0.1, 0.15) is 34.9 Å². The predicted molar refractivity (Wildman–Crippen MR) is 111 cm³/mol. The topological polar surface area (TPSA) is 143 Å². The Hall–Kier alpha value is -3.04. The monoisotopic (exact) mass is 457 g/mol. The summed E-state index contributed by atoms with van der Waals surface area (Å²) >= 11 is 1.14. The van der Waals surface area contributed by atoms with E-state index in [2.05, 4.69) is 4.98 Å². The Labute approximate surface area is 176 Å². The number of hydrogen-bond donors (Lipinski definition) is 3. The number of nitrogens with zero attached hydrogens (tertiary/aromatic N) is 1. The molecule has 2 rings (SSSR count). The number of nitrogens with one attached hydrogen (secondary N) is 1. The number of carbonyl (C=O) groups is 3. The molecule has 1 aromatic heterocycles. The van der Waals surface area contributed by atoms with Gasteiger partial charge in [0, 0.05) is 23.4 Å².